The molecule has 4 nitrogen and oxygen atoms in total. The number of primary amides is 1. The number of halogens is 1. The number of amides is 1. The van der Waals surface area contributed by atoms with Crippen molar-refractivity contribution < 1.29 is 4.79 Å². The standard InChI is InChI=1S/C14H20ClN3O/c1-18-6-4-10(5-7-18)9-17-11-2-3-13(15)12(8-11)14(16)19/h2-3,8,10,17H,4-7,9H2,1H3,(H2,16,19). The fraction of sp³-hybridized carbons (Fsp3) is 0.500. The van der Waals surface area contributed by atoms with E-state index in [2.05, 4.69) is 17.3 Å². The van der Waals surface area contributed by atoms with E-state index in [1.54, 1.807) is 12.1 Å². The fourth-order valence-corrected chi connectivity index (χ4v) is 2.56. The number of anilines is 1. The van der Waals surface area contributed by atoms with Gasteiger partial charge in [0.2, 0.25) is 5.91 Å². The molecule has 1 aliphatic heterocycles. The number of rotatable bonds is 4. The number of nitrogens with zero attached hydrogens (tertiary/aromatic N) is 1. The lowest BCUT2D eigenvalue weighted by atomic mass is 9.97. The Morgan fingerprint density at radius 1 is 1.47 bits per heavy atom. The van der Waals surface area contributed by atoms with Crippen LogP contribution in [0, 0.1) is 5.92 Å². The van der Waals surface area contributed by atoms with Gasteiger partial charge >= 0.3 is 0 Å². The van der Waals surface area contributed by atoms with Gasteiger partial charge in [0.15, 0.2) is 0 Å². The molecule has 0 aromatic heterocycles. The number of likely N-dealkylation sites (tertiary alicyclic amines) is 1. The number of piperidine rings is 1. The normalized spacial score (nSPS) is 17.4. The van der Waals surface area contributed by atoms with Crippen molar-refractivity contribution in [3.63, 3.8) is 0 Å². The Morgan fingerprint density at radius 2 is 2.16 bits per heavy atom. The maximum absolute atomic E-state index is 11.2. The highest BCUT2D eigenvalue weighted by molar-refractivity contribution is 6.33. The molecular formula is C14H20ClN3O. The zero-order valence-corrected chi connectivity index (χ0v) is 11.9. The minimum absolute atomic E-state index is 0.370. The predicted molar refractivity (Wildman–Crippen MR) is 78.7 cm³/mol. The van der Waals surface area contributed by atoms with Crippen LogP contribution in [0.1, 0.15) is 23.2 Å². The van der Waals surface area contributed by atoms with Crippen molar-refractivity contribution in [2.24, 2.45) is 11.7 Å². The highest BCUT2D eigenvalue weighted by atomic mass is 35.5. The molecule has 1 fully saturated rings. The number of carbonyl (C=O) groups is 1. The molecule has 1 aromatic carbocycles. The molecule has 1 heterocycles. The molecule has 0 spiro atoms. The fourth-order valence-electron chi connectivity index (χ4n) is 2.35. The summed E-state index contributed by atoms with van der Waals surface area (Å²) in [5.41, 5.74) is 6.55. The molecule has 1 aromatic rings. The smallest absolute Gasteiger partial charge is 0.250 e. The first kappa shape index (κ1) is 14.2. The van der Waals surface area contributed by atoms with Gasteiger partial charge in [-0.2, -0.15) is 0 Å². The summed E-state index contributed by atoms with van der Waals surface area (Å²) in [6.07, 6.45) is 2.42. The van der Waals surface area contributed by atoms with Gasteiger partial charge in [0.25, 0.3) is 0 Å². The van der Waals surface area contributed by atoms with E-state index in [0.717, 1.165) is 25.3 Å². The summed E-state index contributed by atoms with van der Waals surface area (Å²) in [6, 6.07) is 5.31. The van der Waals surface area contributed by atoms with Gasteiger partial charge < -0.3 is 16.0 Å². The van der Waals surface area contributed by atoms with E-state index in [-0.39, 0.29) is 0 Å². The Bertz CT molecular complexity index is 456. The molecule has 0 saturated carbocycles. The molecule has 0 unspecified atom stereocenters. The summed E-state index contributed by atoms with van der Waals surface area (Å²) in [4.78, 5) is 13.6. The van der Waals surface area contributed by atoms with Crippen LogP contribution in [0.15, 0.2) is 18.2 Å². The van der Waals surface area contributed by atoms with Crippen LogP contribution < -0.4 is 11.1 Å². The van der Waals surface area contributed by atoms with Gasteiger partial charge in [-0.3, -0.25) is 4.79 Å². The molecule has 1 amide bonds. The third-order valence-electron chi connectivity index (χ3n) is 3.66. The molecule has 0 bridgehead atoms. The Morgan fingerprint density at radius 3 is 2.79 bits per heavy atom. The lowest BCUT2D eigenvalue weighted by Crippen LogP contribution is -2.32. The minimum atomic E-state index is -0.493. The van der Waals surface area contributed by atoms with Crippen LogP contribution in [0.3, 0.4) is 0 Å². The third-order valence-corrected chi connectivity index (χ3v) is 3.99. The third kappa shape index (κ3) is 3.85. The number of benzene rings is 1. The van der Waals surface area contributed by atoms with Crippen LogP contribution >= 0.6 is 11.6 Å². The lowest BCUT2D eigenvalue weighted by Gasteiger charge is -2.29. The highest BCUT2D eigenvalue weighted by Gasteiger charge is 2.16. The summed E-state index contributed by atoms with van der Waals surface area (Å²) >= 11 is 5.92. The molecule has 1 saturated heterocycles. The second kappa shape index (κ2) is 6.26. The molecule has 2 rings (SSSR count). The SMILES string of the molecule is CN1CCC(CNc2ccc(Cl)c(C(N)=O)c2)CC1. The molecule has 3 N–H and O–H groups in total. The van der Waals surface area contributed by atoms with Gasteiger partial charge in [0.05, 0.1) is 10.6 Å². The number of hydrogen-bond acceptors (Lipinski definition) is 3. The summed E-state index contributed by atoms with van der Waals surface area (Å²) in [7, 11) is 2.15. The van der Waals surface area contributed by atoms with E-state index in [1.807, 2.05) is 6.07 Å². The first-order valence-electron chi connectivity index (χ1n) is 6.58. The van der Waals surface area contributed by atoms with Crippen LogP contribution in [0.4, 0.5) is 5.69 Å². The monoisotopic (exact) mass is 281 g/mol. The van der Waals surface area contributed by atoms with Crippen LogP contribution in [-0.2, 0) is 0 Å². The average molecular weight is 282 g/mol. The number of hydrogen-bond donors (Lipinski definition) is 2. The highest BCUT2D eigenvalue weighted by Crippen LogP contribution is 2.22. The van der Waals surface area contributed by atoms with E-state index in [0.29, 0.717) is 16.5 Å². The first-order chi connectivity index (χ1) is 9.06. The molecule has 104 valence electrons. The molecule has 0 atom stereocenters. The quantitative estimate of drug-likeness (QED) is 0.889. The summed E-state index contributed by atoms with van der Waals surface area (Å²) in [5.74, 6) is 0.192. The van der Waals surface area contributed by atoms with Gasteiger partial charge in [-0.25, -0.2) is 0 Å². The molecule has 0 radical (unpaired) electrons. The zero-order chi connectivity index (χ0) is 13.8. The largest absolute Gasteiger partial charge is 0.385 e. The first-order valence-corrected chi connectivity index (χ1v) is 6.96. The average Bonchev–Trinajstić information content (AvgIpc) is 2.39. The van der Waals surface area contributed by atoms with Crippen molar-refractivity contribution in [1.29, 1.82) is 0 Å². The molecule has 5 heteroatoms. The Kier molecular flexibility index (Phi) is 4.66. The van der Waals surface area contributed by atoms with Gasteiger partial charge in [-0.1, -0.05) is 11.6 Å². The lowest BCUT2D eigenvalue weighted by molar-refractivity contribution is 0.100. The Labute approximate surface area is 118 Å². The van der Waals surface area contributed by atoms with E-state index in [1.165, 1.54) is 12.8 Å². The molecular weight excluding hydrogens is 262 g/mol. The second-order valence-electron chi connectivity index (χ2n) is 5.19. The van der Waals surface area contributed by atoms with Crippen molar-refractivity contribution in [2.45, 2.75) is 12.8 Å². The van der Waals surface area contributed by atoms with Crippen molar-refractivity contribution >= 4 is 23.2 Å². The Balaban J connectivity index is 1.92. The van der Waals surface area contributed by atoms with Crippen molar-refractivity contribution in [3.8, 4) is 0 Å². The topological polar surface area (TPSA) is 58.4 Å². The van der Waals surface area contributed by atoms with E-state index in [9.17, 15) is 4.79 Å². The molecule has 19 heavy (non-hydrogen) atoms. The molecule has 0 aliphatic carbocycles. The van der Waals surface area contributed by atoms with Crippen molar-refractivity contribution in [2.75, 3.05) is 32.0 Å². The zero-order valence-electron chi connectivity index (χ0n) is 11.2. The Hall–Kier alpha value is -1.26. The summed E-state index contributed by atoms with van der Waals surface area (Å²) in [6.45, 7) is 3.23. The minimum Gasteiger partial charge on any atom is -0.385 e. The van der Waals surface area contributed by atoms with E-state index in [4.69, 9.17) is 17.3 Å². The van der Waals surface area contributed by atoms with Crippen molar-refractivity contribution in [1.82, 2.24) is 4.90 Å². The number of nitrogens with one attached hydrogen (secondary N) is 1. The van der Waals surface area contributed by atoms with Crippen LogP contribution in [0.5, 0.6) is 0 Å². The summed E-state index contributed by atoms with van der Waals surface area (Å²) in [5, 5.41) is 3.77. The van der Waals surface area contributed by atoms with E-state index < -0.39 is 5.91 Å². The molecule has 1 aliphatic rings. The van der Waals surface area contributed by atoms with Crippen molar-refractivity contribution in [3.05, 3.63) is 28.8 Å². The van der Waals surface area contributed by atoms with Crippen LogP contribution in [0.25, 0.3) is 0 Å². The summed E-state index contributed by atoms with van der Waals surface area (Å²) < 4.78 is 0. The number of carbonyl (C=O) groups excluding carboxylic acids is 1. The number of nitrogens with two attached hydrogens (primary N) is 1. The van der Waals surface area contributed by atoms with Gasteiger partial charge in [0, 0.05) is 12.2 Å². The van der Waals surface area contributed by atoms with Gasteiger partial charge in [0.1, 0.15) is 0 Å². The predicted octanol–water partition coefficient (Wildman–Crippen LogP) is 2.19. The van der Waals surface area contributed by atoms with Gasteiger partial charge in [-0.05, 0) is 57.1 Å². The maximum atomic E-state index is 11.2. The van der Waals surface area contributed by atoms with Crippen LogP contribution in [-0.4, -0.2) is 37.5 Å². The second-order valence-corrected chi connectivity index (χ2v) is 5.59. The van der Waals surface area contributed by atoms with E-state index >= 15 is 0 Å². The van der Waals surface area contributed by atoms with Crippen LogP contribution in [0.2, 0.25) is 5.02 Å². The van der Waals surface area contributed by atoms with Gasteiger partial charge in [-0.15, -0.1) is 0 Å². The maximum Gasteiger partial charge on any atom is 0.250 e.